The van der Waals surface area contributed by atoms with Crippen molar-refractivity contribution in [2.75, 3.05) is 0 Å². The summed E-state index contributed by atoms with van der Waals surface area (Å²) in [5.41, 5.74) is 0.897. The van der Waals surface area contributed by atoms with Gasteiger partial charge in [-0.3, -0.25) is 4.79 Å². The molecule has 0 saturated heterocycles. The Kier molecular flexibility index (Phi) is 1.85. The molecule has 0 aliphatic heterocycles. The average Bonchev–Trinajstić information content (AvgIpc) is 1.85. The Morgan fingerprint density at radius 1 is 1.45 bits per heavy atom. The molecule has 4 heteroatoms. The first-order chi connectivity index (χ1) is 5.15. The zero-order chi connectivity index (χ0) is 8.43. The lowest BCUT2D eigenvalue weighted by molar-refractivity contribution is 1.10. The molecule has 0 amide bonds. The van der Waals surface area contributed by atoms with Gasteiger partial charge in [0, 0.05) is 17.5 Å². The summed E-state index contributed by atoms with van der Waals surface area (Å²) in [7, 11) is 0. The SMILES string of the molecule is Cc1cc(=O)c(N=O)c(C)[nH]1. The van der Waals surface area contributed by atoms with E-state index in [-0.39, 0.29) is 11.1 Å². The zero-order valence-corrected chi connectivity index (χ0v) is 6.34. The third-order valence-corrected chi connectivity index (χ3v) is 1.41. The summed E-state index contributed by atoms with van der Waals surface area (Å²) in [6.07, 6.45) is 0. The molecule has 1 rings (SSSR count). The molecule has 0 aliphatic carbocycles. The highest BCUT2D eigenvalue weighted by Gasteiger charge is 2.03. The first-order valence-corrected chi connectivity index (χ1v) is 3.19. The van der Waals surface area contributed by atoms with Crippen molar-refractivity contribution in [3.63, 3.8) is 0 Å². The number of aromatic nitrogens is 1. The van der Waals surface area contributed by atoms with Crippen LogP contribution < -0.4 is 5.43 Å². The highest BCUT2D eigenvalue weighted by Crippen LogP contribution is 2.08. The van der Waals surface area contributed by atoms with Crippen molar-refractivity contribution in [3.8, 4) is 0 Å². The number of nitrogens with one attached hydrogen (secondary N) is 1. The van der Waals surface area contributed by atoms with E-state index in [2.05, 4.69) is 10.2 Å². The molecule has 0 radical (unpaired) electrons. The largest absolute Gasteiger partial charge is 0.361 e. The van der Waals surface area contributed by atoms with Crippen molar-refractivity contribution in [1.29, 1.82) is 0 Å². The van der Waals surface area contributed by atoms with Crippen molar-refractivity contribution >= 4 is 5.69 Å². The maximum absolute atomic E-state index is 11.0. The van der Waals surface area contributed by atoms with Gasteiger partial charge in [-0.15, -0.1) is 4.91 Å². The fourth-order valence-electron chi connectivity index (χ4n) is 0.954. The number of rotatable bonds is 1. The van der Waals surface area contributed by atoms with Crippen LogP contribution in [0.5, 0.6) is 0 Å². The summed E-state index contributed by atoms with van der Waals surface area (Å²) in [6, 6.07) is 1.35. The third-order valence-electron chi connectivity index (χ3n) is 1.41. The summed E-state index contributed by atoms with van der Waals surface area (Å²) in [5, 5.41) is 2.62. The lowest BCUT2D eigenvalue weighted by Gasteiger charge is -1.97. The molecule has 1 aromatic heterocycles. The molecular formula is C7H8N2O2. The predicted octanol–water partition coefficient (Wildman–Crippen LogP) is 1.39. The van der Waals surface area contributed by atoms with Crippen LogP contribution in [0, 0.1) is 18.8 Å². The van der Waals surface area contributed by atoms with Gasteiger partial charge in [0.2, 0.25) is 5.43 Å². The Balaban J connectivity index is 3.49. The average molecular weight is 152 g/mol. The van der Waals surface area contributed by atoms with Crippen LogP contribution in [0.4, 0.5) is 5.69 Å². The minimum Gasteiger partial charge on any atom is -0.361 e. The van der Waals surface area contributed by atoms with E-state index in [1.54, 1.807) is 13.8 Å². The second-order valence-electron chi connectivity index (χ2n) is 2.38. The van der Waals surface area contributed by atoms with E-state index in [1.165, 1.54) is 6.07 Å². The first kappa shape index (κ1) is 7.65. The Morgan fingerprint density at radius 2 is 2.09 bits per heavy atom. The number of aromatic amines is 1. The first-order valence-electron chi connectivity index (χ1n) is 3.19. The summed E-state index contributed by atoms with van der Waals surface area (Å²) < 4.78 is 0. The Hall–Kier alpha value is -1.45. The molecule has 1 heterocycles. The number of aryl methyl sites for hydroxylation is 2. The van der Waals surface area contributed by atoms with Crippen LogP contribution in [0.25, 0.3) is 0 Å². The summed E-state index contributed by atoms with van der Waals surface area (Å²) >= 11 is 0. The molecular weight excluding hydrogens is 144 g/mol. The second kappa shape index (κ2) is 2.65. The maximum Gasteiger partial charge on any atom is 0.211 e. The molecule has 0 spiro atoms. The fourth-order valence-corrected chi connectivity index (χ4v) is 0.954. The lowest BCUT2D eigenvalue weighted by Crippen LogP contribution is -2.03. The second-order valence-corrected chi connectivity index (χ2v) is 2.38. The van der Waals surface area contributed by atoms with Gasteiger partial charge in [0.05, 0.1) is 0 Å². The van der Waals surface area contributed by atoms with Crippen molar-refractivity contribution < 1.29 is 0 Å². The summed E-state index contributed by atoms with van der Waals surface area (Å²) in [5.74, 6) is 0. The lowest BCUT2D eigenvalue weighted by atomic mass is 10.3. The van der Waals surface area contributed by atoms with Crippen molar-refractivity contribution in [3.05, 3.63) is 32.6 Å². The van der Waals surface area contributed by atoms with E-state index in [0.29, 0.717) is 5.69 Å². The molecule has 58 valence electrons. The highest BCUT2D eigenvalue weighted by atomic mass is 16.3. The fraction of sp³-hybridized carbons (Fsp3) is 0.286. The van der Waals surface area contributed by atoms with Crippen LogP contribution in [-0.2, 0) is 0 Å². The Bertz CT molecular complexity index is 341. The smallest absolute Gasteiger partial charge is 0.211 e. The molecule has 1 aromatic rings. The van der Waals surface area contributed by atoms with Gasteiger partial charge < -0.3 is 4.98 Å². The van der Waals surface area contributed by atoms with Crippen molar-refractivity contribution in [1.82, 2.24) is 4.98 Å². The monoisotopic (exact) mass is 152 g/mol. The van der Waals surface area contributed by atoms with Gasteiger partial charge in [0.25, 0.3) is 0 Å². The number of H-pyrrole nitrogens is 1. The number of nitroso groups, excluding NO2 is 1. The maximum atomic E-state index is 11.0. The molecule has 0 aliphatic rings. The minimum atomic E-state index is -0.325. The van der Waals surface area contributed by atoms with Crippen LogP contribution in [0.1, 0.15) is 11.4 Å². The van der Waals surface area contributed by atoms with Crippen LogP contribution >= 0.6 is 0 Å². The van der Waals surface area contributed by atoms with E-state index in [0.717, 1.165) is 5.69 Å². The highest BCUT2D eigenvalue weighted by molar-refractivity contribution is 5.41. The van der Waals surface area contributed by atoms with E-state index >= 15 is 0 Å². The minimum absolute atomic E-state index is 0.0319. The molecule has 0 aromatic carbocycles. The molecule has 1 N–H and O–H groups in total. The molecule has 0 saturated carbocycles. The van der Waals surface area contributed by atoms with Gasteiger partial charge in [-0.1, -0.05) is 0 Å². The van der Waals surface area contributed by atoms with Gasteiger partial charge in [0.15, 0.2) is 5.69 Å². The topological polar surface area (TPSA) is 62.3 Å². The number of nitrogens with zero attached hydrogens (tertiary/aromatic N) is 1. The number of pyridine rings is 1. The van der Waals surface area contributed by atoms with Gasteiger partial charge in [-0.2, -0.15) is 0 Å². The Morgan fingerprint density at radius 3 is 2.55 bits per heavy atom. The standard InChI is InChI=1S/C7H8N2O2/c1-4-3-6(10)7(9-11)5(2)8-4/h3H,1-2H3,(H,8,10). The van der Waals surface area contributed by atoms with Crippen molar-refractivity contribution in [2.24, 2.45) is 5.18 Å². The number of hydrogen-bond donors (Lipinski definition) is 1. The van der Waals surface area contributed by atoms with E-state index < -0.39 is 0 Å². The van der Waals surface area contributed by atoms with Crippen LogP contribution in [0.15, 0.2) is 16.0 Å². The molecule has 11 heavy (non-hydrogen) atoms. The van der Waals surface area contributed by atoms with Gasteiger partial charge >= 0.3 is 0 Å². The molecule has 0 atom stereocenters. The van der Waals surface area contributed by atoms with Gasteiger partial charge in [0.1, 0.15) is 0 Å². The van der Waals surface area contributed by atoms with Crippen LogP contribution in [0.3, 0.4) is 0 Å². The van der Waals surface area contributed by atoms with Crippen LogP contribution in [-0.4, -0.2) is 4.98 Å². The molecule has 0 fully saturated rings. The summed E-state index contributed by atoms with van der Waals surface area (Å²) in [6.45, 7) is 3.40. The van der Waals surface area contributed by atoms with Gasteiger partial charge in [-0.25, -0.2) is 0 Å². The zero-order valence-electron chi connectivity index (χ0n) is 6.34. The van der Waals surface area contributed by atoms with Gasteiger partial charge in [-0.05, 0) is 19.0 Å². The quantitative estimate of drug-likeness (QED) is 0.618. The Labute approximate surface area is 63.2 Å². The molecule has 0 bridgehead atoms. The summed E-state index contributed by atoms with van der Waals surface area (Å²) in [4.78, 5) is 23.9. The van der Waals surface area contributed by atoms with E-state index in [9.17, 15) is 9.70 Å². The normalized spacial score (nSPS) is 9.64. The van der Waals surface area contributed by atoms with Crippen LogP contribution in [0.2, 0.25) is 0 Å². The molecule has 0 unspecified atom stereocenters. The van der Waals surface area contributed by atoms with Crippen molar-refractivity contribution in [2.45, 2.75) is 13.8 Å². The van der Waals surface area contributed by atoms with E-state index in [1.807, 2.05) is 0 Å². The predicted molar refractivity (Wildman–Crippen MR) is 42.0 cm³/mol. The van der Waals surface area contributed by atoms with E-state index in [4.69, 9.17) is 0 Å². The third kappa shape index (κ3) is 1.34. The number of hydrogen-bond acceptors (Lipinski definition) is 3. The molecule has 4 nitrogen and oxygen atoms in total.